The van der Waals surface area contributed by atoms with Gasteiger partial charge in [-0.15, -0.1) is 0 Å². The summed E-state index contributed by atoms with van der Waals surface area (Å²) in [4.78, 5) is 0. The Kier molecular flexibility index (Phi) is 6.22. The molecule has 3 unspecified atom stereocenters. The molecule has 1 saturated heterocycles. The van der Waals surface area contributed by atoms with Crippen molar-refractivity contribution in [1.82, 2.24) is 5.32 Å². The van der Waals surface area contributed by atoms with Crippen LogP contribution in [0, 0.1) is 5.92 Å². The van der Waals surface area contributed by atoms with Crippen molar-refractivity contribution in [2.75, 3.05) is 19.8 Å². The van der Waals surface area contributed by atoms with Crippen LogP contribution >= 0.6 is 0 Å². The largest absolute Gasteiger partial charge is 0.396 e. The van der Waals surface area contributed by atoms with Crippen molar-refractivity contribution in [2.24, 2.45) is 5.92 Å². The molecule has 0 saturated carbocycles. The first-order chi connectivity index (χ1) is 7.27. The van der Waals surface area contributed by atoms with Crippen molar-refractivity contribution in [3.05, 3.63) is 0 Å². The third kappa shape index (κ3) is 4.49. The zero-order valence-electron chi connectivity index (χ0n) is 10.0. The first-order valence-corrected chi connectivity index (χ1v) is 6.22. The summed E-state index contributed by atoms with van der Waals surface area (Å²) >= 11 is 0. The fraction of sp³-hybridized carbons (Fsp3) is 1.00. The molecule has 0 aromatic heterocycles. The van der Waals surface area contributed by atoms with Gasteiger partial charge in [0.1, 0.15) is 0 Å². The summed E-state index contributed by atoms with van der Waals surface area (Å²) in [6.45, 7) is 6.57. The molecule has 3 atom stereocenters. The molecular weight excluding hydrogens is 190 g/mol. The predicted octanol–water partition coefficient (Wildman–Crippen LogP) is 1.55. The van der Waals surface area contributed by atoms with E-state index in [1.54, 1.807) is 0 Å². The monoisotopic (exact) mass is 215 g/mol. The first kappa shape index (κ1) is 12.9. The van der Waals surface area contributed by atoms with Crippen molar-refractivity contribution in [1.29, 1.82) is 0 Å². The number of hydrogen-bond acceptors (Lipinski definition) is 3. The molecule has 0 radical (unpaired) electrons. The third-order valence-corrected chi connectivity index (χ3v) is 3.27. The standard InChI is InChI=1S/C12H25NO2/c1-3-12(11-6-8-15-9-11)13-10(2)5-4-7-14/h10-14H,3-9H2,1-2H3. The highest BCUT2D eigenvalue weighted by Crippen LogP contribution is 2.19. The summed E-state index contributed by atoms with van der Waals surface area (Å²) in [5, 5.41) is 12.4. The van der Waals surface area contributed by atoms with Crippen LogP contribution in [0.25, 0.3) is 0 Å². The Bertz CT molecular complexity index is 158. The summed E-state index contributed by atoms with van der Waals surface area (Å²) in [5.41, 5.74) is 0. The first-order valence-electron chi connectivity index (χ1n) is 6.22. The van der Waals surface area contributed by atoms with Gasteiger partial charge in [0.05, 0.1) is 6.61 Å². The lowest BCUT2D eigenvalue weighted by Crippen LogP contribution is -2.41. The molecule has 0 aromatic carbocycles. The van der Waals surface area contributed by atoms with Gasteiger partial charge in [0.2, 0.25) is 0 Å². The van der Waals surface area contributed by atoms with Crippen molar-refractivity contribution >= 4 is 0 Å². The maximum absolute atomic E-state index is 8.77. The number of rotatable bonds is 7. The highest BCUT2D eigenvalue weighted by atomic mass is 16.5. The number of hydrogen-bond donors (Lipinski definition) is 2. The van der Waals surface area contributed by atoms with Crippen LogP contribution in [0.1, 0.15) is 39.5 Å². The molecule has 1 aliphatic rings. The van der Waals surface area contributed by atoms with E-state index in [-0.39, 0.29) is 0 Å². The Morgan fingerprint density at radius 1 is 1.53 bits per heavy atom. The molecule has 90 valence electrons. The molecule has 3 heteroatoms. The Morgan fingerprint density at radius 2 is 2.33 bits per heavy atom. The van der Waals surface area contributed by atoms with Crippen molar-refractivity contribution in [3.63, 3.8) is 0 Å². The normalized spacial score (nSPS) is 25.4. The lowest BCUT2D eigenvalue weighted by molar-refractivity contribution is 0.173. The zero-order valence-corrected chi connectivity index (χ0v) is 10.0. The summed E-state index contributed by atoms with van der Waals surface area (Å²) in [7, 11) is 0. The molecule has 15 heavy (non-hydrogen) atoms. The van der Waals surface area contributed by atoms with Gasteiger partial charge in [-0.3, -0.25) is 0 Å². The maximum atomic E-state index is 8.77. The zero-order chi connectivity index (χ0) is 11.1. The molecule has 0 bridgehead atoms. The topological polar surface area (TPSA) is 41.5 Å². The minimum absolute atomic E-state index is 0.301. The number of aliphatic hydroxyl groups excluding tert-OH is 1. The SMILES string of the molecule is CCC(NC(C)CCCO)C1CCOC1. The van der Waals surface area contributed by atoms with Crippen molar-refractivity contribution < 1.29 is 9.84 Å². The summed E-state index contributed by atoms with van der Waals surface area (Å²) in [6, 6.07) is 1.09. The molecule has 1 aliphatic heterocycles. The van der Waals surface area contributed by atoms with Gasteiger partial charge in [-0.05, 0) is 38.5 Å². The van der Waals surface area contributed by atoms with Gasteiger partial charge in [-0.1, -0.05) is 6.92 Å². The van der Waals surface area contributed by atoms with E-state index in [0.29, 0.717) is 24.6 Å². The number of nitrogens with one attached hydrogen (secondary N) is 1. The lowest BCUT2D eigenvalue weighted by atomic mass is 9.95. The van der Waals surface area contributed by atoms with Gasteiger partial charge in [-0.2, -0.15) is 0 Å². The van der Waals surface area contributed by atoms with Crippen LogP contribution < -0.4 is 5.32 Å². The molecule has 1 rings (SSSR count). The quantitative estimate of drug-likeness (QED) is 0.677. The predicted molar refractivity (Wildman–Crippen MR) is 61.9 cm³/mol. The molecule has 2 N–H and O–H groups in total. The minimum Gasteiger partial charge on any atom is -0.396 e. The van der Waals surface area contributed by atoms with Crippen LogP contribution in [0.3, 0.4) is 0 Å². The average molecular weight is 215 g/mol. The van der Waals surface area contributed by atoms with Crippen LogP contribution in [-0.2, 0) is 4.74 Å². The van der Waals surface area contributed by atoms with Gasteiger partial charge >= 0.3 is 0 Å². The molecule has 3 nitrogen and oxygen atoms in total. The summed E-state index contributed by atoms with van der Waals surface area (Å²) < 4.78 is 5.42. The van der Waals surface area contributed by atoms with Gasteiger partial charge < -0.3 is 15.2 Å². The molecule has 1 fully saturated rings. The van der Waals surface area contributed by atoms with Crippen molar-refractivity contribution in [3.8, 4) is 0 Å². The van der Waals surface area contributed by atoms with E-state index in [1.807, 2.05) is 0 Å². The van der Waals surface area contributed by atoms with Gasteiger partial charge in [0, 0.05) is 25.3 Å². The lowest BCUT2D eigenvalue weighted by Gasteiger charge is -2.26. The molecule has 1 heterocycles. The minimum atomic E-state index is 0.301. The second-order valence-electron chi connectivity index (χ2n) is 4.57. The van der Waals surface area contributed by atoms with E-state index in [0.717, 1.165) is 32.5 Å². The summed E-state index contributed by atoms with van der Waals surface area (Å²) in [5.74, 6) is 0.687. The maximum Gasteiger partial charge on any atom is 0.0510 e. The van der Waals surface area contributed by atoms with E-state index in [2.05, 4.69) is 19.2 Å². The Hall–Kier alpha value is -0.120. The van der Waals surface area contributed by atoms with Gasteiger partial charge in [0.25, 0.3) is 0 Å². The second-order valence-corrected chi connectivity index (χ2v) is 4.57. The fourth-order valence-corrected chi connectivity index (χ4v) is 2.30. The van der Waals surface area contributed by atoms with Crippen LogP contribution in [0.5, 0.6) is 0 Å². The van der Waals surface area contributed by atoms with Crippen LogP contribution in [0.4, 0.5) is 0 Å². The van der Waals surface area contributed by atoms with E-state index in [9.17, 15) is 0 Å². The van der Waals surface area contributed by atoms with Gasteiger partial charge in [0.15, 0.2) is 0 Å². The summed E-state index contributed by atoms with van der Waals surface area (Å²) in [6.07, 6.45) is 4.31. The number of ether oxygens (including phenoxy) is 1. The number of aliphatic hydroxyl groups is 1. The Balaban J connectivity index is 2.25. The fourth-order valence-electron chi connectivity index (χ4n) is 2.30. The average Bonchev–Trinajstić information content (AvgIpc) is 2.76. The molecule has 0 amide bonds. The Labute approximate surface area is 93.2 Å². The van der Waals surface area contributed by atoms with E-state index >= 15 is 0 Å². The van der Waals surface area contributed by atoms with Crippen LogP contribution in [0.2, 0.25) is 0 Å². The van der Waals surface area contributed by atoms with E-state index < -0.39 is 0 Å². The molecule has 0 aliphatic carbocycles. The molecule has 0 aromatic rings. The van der Waals surface area contributed by atoms with Crippen molar-refractivity contribution in [2.45, 2.75) is 51.6 Å². The third-order valence-electron chi connectivity index (χ3n) is 3.27. The Morgan fingerprint density at radius 3 is 2.87 bits per heavy atom. The van der Waals surface area contributed by atoms with Gasteiger partial charge in [-0.25, -0.2) is 0 Å². The molecular formula is C12H25NO2. The highest BCUT2D eigenvalue weighted by Gasteiger charge is 2.24. The highest BCUT2D eigenvalue weighted by molar-refractivity contribution is 4.80. The van der Waals surface area contributed by atoms with Crippen LogP contribution in [-0.4, -0.2) is 37.0 Å². The molecule has 0 spiro atoms. The second kappa shape index (κ2) is 7.20. The van der Waals surface area contributed by atoms with Crippen LogP contribution in [0.15, 0.2) is 0 Å². The smallest absolute Gasteiger partial charge is 0.0510 e. The van der Waals surface area contributed by atoms with E-state index in [1.165, 1.54) is 6.42 Å². The van der Waals surface area contributed by atoms with E-state index in [4.69, 9.17) is 9.84 Å².